The van der Waals surface area contributed by atoms with Crippen molar-refractivity contribution in [3.05, 3.63) is 99.3 Å². The third kappa shape index (κ3) is 2.84. The molecule has 0 aliphatic rings. The molecule has 3 aromatic carbocycles. The Morgan fingerprint density at radius 3 is 2.28 bits per heavy atom. The van der Waals surface area contributed by atoms with E-state index in [-0.39, 0.29) is 5.43 Å². The largest absolute Gasteiger partial charge is 0.314 e. The minimum Gasteiger partial charge on any atom is -0.314 e. The summed E-state index contributed by atoms with van der Waals surface area (Å²) >= 11 is 12.5. The highest BCUT2D eigenvalue weighted by Crippen LogP contribution is 2.28. The normalized spacial score (nSPS) is 11.0. The van der Waals surface area contributed by atoms with Crippen LogP contribution in [0.2, 0.25) is 10.0 Å². The first kappa shape index (κ1) is 15.9. The maximum absolute atomic E-state index is 13.0. The van der Waals surface area contributed by atoms with Gasteiger partial charge in [0, 0.05) is 22.2 Å². The molecule has 4 aromatic rings. The summed E-state index contributed by atoms with van der Waals surface area (Å²) in [5.41, 5.74) is 3.08. The predicted molar refractivity (Wildman–Crippen MR) is 105 cm³/mol. The Hall–Kier alpha value is -2.55. The molecule has 0 spiro atoms. The van der Waals surface area contributed by atoms with Gasteiger partial charge in [0.2, 0.25) is 0 Å². The molecule has 0 aliphatic carbocycles. The summed E-state index contributed by atoms with van der Waals surface area (Å²) in [6, 6.07) is 22.5. The highest BCUT2D eigenvalue weighted by Gasteiger charge is 2.13. The lowest BCUT2D eigenvalue weighted by atomic mass is 10.0. The van der Waals surface area contributed by atoms with Gasteiger partial charge in [0.15, 0.2) is 5.43 Å². The van der Waals surface area contributed by atoms with Crippen molar-refractivity contribution in [1.82, 2.24) is 4.57 Å². The van der Waals surface area contributed by atoms with E-state index in [0.29, 0.717) is 21.0 Å². The number of benzene rings is 3. The van der Waals surface area contributed by atoms with Crippen LogP contribution in [-0.4, -0.2) is 4.57 Å². The summed E-state index contributed by atoms with van der Waals surface area (Å²) in [5.74, 6) is 0. The summed E-state index contributed by atoms with van der Waals surface area (Å²) in [7, 11) is 0. The van der Waals surface area contributed by atoms with Gasteiger partial charge in [0.05, 0.1) is 16.2 Å². The second-order valence-electron chi connectivity index (χ2n) is 5.72. The molecule has 2 nitrogen and oxygen atoms in total. The van der Waals surface area contributed by atoms with Gasteiger partial charge >= 0.3 is 0 Å². The van der Waals surface area contributed by atoms with Crippen molar-refractivity contribution in [3.8, 4) is 16.8 Å². The number of fused-ring (bicyclic) bond motifs is 1. The second kappa shape index (κ2) is 6.40. The van der Waals surface area contributed by atoms with Crippen LogP contribution in [-0.2, 0) is 0 Å². The monoisotopic (exact) mass is 365 g/mol. The Morgan fingerprint density at radius 2 is 1.52 bits per heavy atom. The molecule has 0 aliphatic heterocycles. The summed E-state index contributed by atoms with van der Waals surface area (Å²) in [6.07, 6.45) is 1.84. The number of nitrogens with zero attached hydrogens (tertiary/aromatic N) is 1. The average molecular weight is 366 g/mol. The average Bonchev–Trinajstić information content (AvgIpc) is 2.64. The molecule has 4 heteroatoms. The van der Waals surface area contributed by atoms with Gasteiger partial charge in [0.25, 0.3) is 0 Å². The SMILES string of the molecule is O=c1c(-c2ccccc2)cn(-c2ccc(Cl)cc2Cl)c2ccccc12. The lowest BCUT2D eigenvalue weighted by molar-refractivity contribution is 1.10. The summed E-state index contributed by atoms with van der Waals surface area (Å²) in [5, 5.41) is 1.75. The van der Waals surface area contributed by atoms with Gasteiger partial charge in [-0.1, -0.05) is 65.7 Å². The molecule has 0 bridgehead atoms. The topological polar surface area (TPSA) is 22.0 Å². The molecule has 4 rings (SSSR count). The Bertz CT molecular complexity index is 1130. The Balaban J connectivity index is 2.10. The smallest absolute Gasteiger partial charge is 0.197 e. The lowest BCUT2D eigenvalue weighted by Crippen LogP contribution is -2.11. The molecule has 0 radical (unpaired) electrons. The maximum Gasteiger partial charge on any atom is 0.197 e. The van der Waals surface area contributed by atoms with Crippen LogP contribution in [0.25, 0.3) is 27.7 Å². The van der Waals surface area contributed by atoms with E-state index in [9.17, 15) is 4.79 Å². The fourth-order valence-electron chi connectivity index (χ4n) is 2.98. The minimum absolute atomic E-state index is 0.00290. The molecule has 122 valence electrons. The van der Waals surface area contributed by atoms with Crippen LogP contribution in [0.5, 0.6) is 0 Å². The standard InChI is InChI=1S/C21H13Cl2NO/c22-15-10-11-20(18(23)12-15)24-13-17(14-6-2-1-3-7-14)21(25)16-8-4-5-9-19(16)24/h1-13H. The molecule has 0 unspecified atom stereocenters. The number of hydrogen-bond donors (Lipinski definition) is 0. The summed E-state index contributed by atoms with van der Waals surface area (Å²) < 4.78 is 1.94. The first-order valence-electron chi connectivity index (χ1n) is 7.80. The van der Waals surface area contributed by atoms with Gasteiger partial charge in [-0.05, 0) is 35.9 Å². The summed E-state index contributed by atoms with van der Waals surface area (Å²) in [4.78, 5) is 13.0. The number of pyridine rings is 1. The third-order valence-electron chi connectivity index (χ3n) is 4.17. The zero-order valence-electron chi connectivity index (χ0n) is 13.1. The van der Waals surface area contributed by atoms with Gasteiger partial charge < -0.3 is 4.57 Å². The molecular weight excluding hydrogens is 353 g/mol. The quantitative estimate of drug-likeness (QED) is 0.429. The third-order valence-corrected chi connectivity index (χ3v) is 4.70. The van der Waals surface area contributed by atoms with E-state index < -0.39 is 0 Å². The van der Waals surface area contributed by atoms with Gasteiger partial charge in [-0.2, -0.15) is 0 Å². The number of hydrogen-bond acceptors (Lipinski definition) is 1. The van der Waals surface area contributed by atoms with E-state index >= 15 is 0 Å². The van der Waals surface area contributed by atoms with E-state index in [1.165, 1.54) is 0 Å². The molecule has 0 N–H and O–H groups in total. The molecule has 0 fully saturated rings. The number of aromatic nitrogens is 1. The number of rotatable bonds is 2. The fourth-order valence-corrected chi connectivity index (χ4v) is 3.48. The first-order valence-corrected chi connectivity index (χ1v) is 8.56. The number of halogens is 2. The van der Waals surface area contributed by atoms with Gasteiger partial charge in [0.1, 0.15) is 0 Å². The summed E-state index contributed by atoms with van der Waals surface area (Å²) in [6.45, 7) is 0. The van der Waals surface area contributed by atoms with Crippen LogP contribution in [0.1, 0.15) is 0 Å². The molecular formula is C21H13Cl2NO. The predicted octanol–water partition coefficient (Wildman–Crippen LogP) is 5.96. The Morgan fingerprint density at radius 1 is 0.800 bits per heavy atom. The van der Waals surface area contributed by atoms with E-state index in [0.717, 1.165) is 16.8 Å². The van der Waals surface area contributed by atoms with E-state index in [4.69, 9.17) is 23.2 Å². The van der Waals surface area contributed by atoms with Crippen LogP contribution < -0.4 is 5.43 Å². The van der Waals surface area contributed by atoms with Crippen LogP contribution in [0.15, 0.2) is 83.8 Å². The fraction of sp³-hybridized carbons (Fsp3) is 0. The first-order chi connectivity index (χ1) is 12.1. The van der Waals surface area contributed by atoms with E-state index in [1.54, 1.807) is 12.1 Å². The van der Waals surface area contributed by atoms with Crippen molar-refractivity contribution in [2.75, 3.05) is 0 Å². The van der Waals surface area contributed by atoms with Crippen molar-refractivity contribution in [2.24, 2.45) is 0 Å². The lowest BCUT2D eigenvalue weighted by Gasteiger charge is -2.15. The number of para-hydroxylation sites is 1. The maximum atomic E-state index is 13.0. The van der Waals surface area contributed by atoms with Crippen LogP contribution >= 0.6 is 23.2 Å². The second-order valence-corrected chi connectivity index (χ2v) is 6.56. The van der Waals surface area contributed by atoms with Crippen molar-refractivity contribution < 1.29 is 0 Å². The van der Waals surface area contributed by atoms with Crippen molar-refractivity contribution in [2.45, 2.75) is 0 Å². The van der Waals surface area contributed by atoms with Crippen LogP contribution in [0.3, 0.4) is 0 Å². The molecule has 0 saturated carbocycles. The molecule has 0 saturated heterocycles. The molecule has 0 atom stereocenters. The molecule has 0 amide bonds. The molecule has 1 aromatic heterocycles. The molecule has 1 heterocycles. The van der Waals surface area contributed by atoms with Gasteiger partial charge in [-0.15, -0.1) is 0 Å². The Labute approximate surface area is 154 Å². The zero-order valence-corrected chi connectivity index (χ0v) is 14.6. The van der Waals surface area contributed by atoms with Crippen LogP contribution in [0, 0.1) is 0 Å². The highest BCUT2D eigenvalue weighted by molar-refractivity contribution is 6.35. The Kier molecular flexibility index (Phi) is 4.08. The van der Waals surface area contributed by atoms with Crippen LogP contribution in [0.4, 0.5) is 0 Å². The van der Waals surface area contributed by atoms with Gasteiger partial charge in [-0.3, -0.25) is 4.79 Å². The minimum atomic E-state index is 0.00290. The van der Waals surface area contributed by atoms with E-state index in [1.807, 2.05) is 71.4 Å². The molecule has 25 heavy (non-hydrogen) atoms. The van der Waals surface area contributed by atoms with Crippen molar-refractivity contribution >= 4 is 34.1 Å². The van der Waals surface area contributed by atoms with E-state index in [2.05, 4.69) is 0 Å². The highest BCUT2D eigenvalue weighted by atomic mass is 35.5. The zero-order chi connectivity index (χ0) is 17.4. The van der Waals surface area contributed by atoms with Gasteiger partial charge in [-0.25, -0.2) is 0 Å². The van der Waals surface area contributed by atoms with Crippen molar-refractivity contribution in [1.29, 1.82) is 0 Å². The van der Waals surface area contributed by atoms with Crippen molar-refractivity contribution in [3.63, 3.8) is 0 Å².